The van der Waals surface area contributed by atoms with Crippen molar-refractivity contribution < 1.29 is 14.2 Å². The second kappa shape index (κ2) is 18.7. The van der Waals surface area contributed by atoms with E-state index in [0.717, 1.165) is 22.3 Å². The van der Waals surface area contributed by atoms with Crippen molar-refractivity contribution in [3.8, 4) is 0 Å². The molecule has 0 aliphatic rings. The highest BCUT2D eigenvalue weighted by atomic mass is 16.6. The lowest BCUT2D eigenvalue weighted by atomic mass is 10.1. The minimum atomic E-state index is -0.234. The molecular formula is C37H47N3O3. The minimum Gasteiger partial charge on any atom is -0.376 e. The molecule has 0 fully saturated rings. The summed E-state index contributed by atoms with van der Waals surface area (Å²) < 4.78 is 18.3. The van der Waals surface area contributed by atoms with Gasteiger partial charge in [-0.1, -0.05) is 90.5 Å². The van der Waals surface area contributed by atoms with Crippen LogP contribution in [0.5, 0.6) is 0 Å². The van der Waals surface area contributed by atoms with E-state index in [1.165, 1.54) is 11.1 Å². The van der Waals surface area contributed by atoms with Crippen molar-refractivity contribution in [3.63, 3.8) is 0 Å². The molecule has 0 aliphatic carbocycles. The Morgan fingerprint density at radius 1 is 0.581 bits per heavy atom. The molecule has 3 aromatic rings. The first-order valence-electron chi connectivity index (χ1n) is 15.0. The summed E-state index contributed by atoms with van der Waals surface area (Å²) in [5, 5.41) is 0. The fourth-order valence-corrected chi connectivity index (χ4v) is 4.20. The molecule has 0 saturated carbocycles. The van der Waals surface area contributed by atoms with Crippen LogP contribution in [0.25, 0.3) is 6.08 Å². The third-order valence-electron chi connectivity index (χ3n) is 6.56. The molecule has 0 radical (unpaired) electrons. The van der Waals surface area contributed by atoms with E-state index in [9.17, 15) is 0 Å². The van der Waals surface area contributed by atoms with Gasteiger partial charge < -0.3 is 14.2 Å². The fourth-order valence-electron chi connectivity index (χ4n) is 4.20. The van der Waals surface area contributed by atoms with Crippen LogP contribution in [0.15, 0.2) is 94.4 Å². The van der Waals surface area contributed by atoms with E-state index in [-0.39, 0.29) is 24.2 Å². The standard InChI is InChI=1S/C37H47N3O3/c1-7-33-13-10-16-36(19-33)22-40-32(6)25-43-37(26-41-23-30(4)38-20-34-14-8-11-28(2)17-34)27-42-24-31(5)39-21-35-15-9-12-29(3)18-35/h7-22,30-32,37H,1,23-27H2,2-6H3. The number of hydrogen-bond donors (Lipinski definition) is 0. The largest absolute Gasteiger partial charge is 0.376 e. The highest BCUT2D eigenvalue weighted by molar-refractivity contribution is 5.81. The molecule has 0 aliphatic heterocycles. The molecule has 0 bridgehead atoms. The summed E-state index contributed by atoms with van der Waals surface area (Å²) in [6, 6.07) is 24.7. The van der Waals surface area contributed by atoms with Crippen LogP contribution >= 0.6 is 0 Å². The van der Waals surface area contributed by atoms with Crippen molar-refractivity contribution in [3.05, 3.63) is 113 Å². The maximum Gasteiger partial charge on any atom is 0.104 e. The third-order valence-corrected chi connectivity index (χ3v) is 6.56. The van der Waals surface area contributed by atoms with Crippen LogP contribution < -0.4 is 0 Å². The molecule has 0 N–H and O–H groups in total. The Morgan fingerprint density at radius 2 is 1.00 bits per heavy atom. The molecule has 0 spiro atoms. The number of aliphatic imine (C=N–C) groups is 3. The lowest BCUT2D eigenvalue weighted by molar-refractivity contribution is -0.0641. The summed E-state index contributed by atoms with van der Waals surface area (Å²) in [5.74, 6) is 0. The SMILES string of the molecule is C=Cc1cccc(C=NC(C)COC(COCC(C)N=Cc2cccc(C)c2)COCC(C)N=Cc2cccc(C)c2)c1. The van der Waals surface area contributed by atoms with Crippen molar-refractivity contribution in [2.24, 2.45) is 15.0 Å². The normalized spacial score (nSPS) is 14.8. The zero-order chi connectivity index (χ0) is 30.9. The summed E-state index contributed by atoms with van der Waals surface area (Å²) >= 11 is 0. The Balaban J connectivity index is 1.50. The molecule has 0 saturated heterocycles. The van der Waals surface area contributed by atoms with Crippen LogP contribution in [0.1, 0.15) is 54.2 Å². The smallest absolute Gasteiger partial charge is 0.104 e. The van der Waals surface area contributed by atoms with E-state index >= 15 is 0 Å². The average molecular weight is 582 g/mol. The van der Waals surface area contributed by atoms with E-state index in [2.05, 4.69) is 77.9 Å². The van der Waals surface area contributed by atoms with Gasteiger partial charge in [-0.05, 0) is 62.9 Å². The molecule has 0 amide bonds. The molecule has 0 aromatic heterocycles. The van der Waals surface area contributed by atoms with E-state index in [4.69, 9.17) is 14.2 Å². The number of hydrogen-bond acceptors (Lipinski definition) is 6. The van der Waals surface area contributed by atoms with Gasteiger partial charge in [0, 0.05) is 18.6 Å². The van der Waals surface area contributed by atoms with Crippen LogP contribution in [-0.4, -0.2) is 75.9 Å². The average Bonchev–Trinajstić information content (AvgIpc) is 3.00. The van der Waals surface area contributed by atoms with Crippen LogP contribution in [0.2, 0.25) is 0 Å². The Hall–Kier alpha value is -3.71. The molecular weight excluding hydrogens is 534 g/mol. The quantitative estimate of drug-likeness (QED) is 0.149. The summed E-state index contributed by atoms with van der Waals surface area (Å²) in [4.78, 5) is 14.0. The summed E-state index contributed by atoms with van der Waals surface area (Å²) in [6.45, 7) is 16.4. The summed E-state index contributed by atoms with van der Waals surface area (Å²) in [6.07, 6.45) is 7.29. The van der Waals surface area contributed by atoms with Crippen molar-refractivity contribution in [1.29, 1.82) is 0 Å². The molecule has 43 heavy (non-hydrogen) atoms. The number of rotatable bonds is 18. The van der Waals surface area contributed by atoms with E-state index in [0.29, 0.717) is 33.0 Å². The van der Waals surface area contributed by atoms with Gasteiger partial charge in [-0.15, -0.1) is 0 Å². The molecule has 3 aromatic carbocycles. The van der Waals surface area contributed by atoms with Gasteiger partial charge in [-0.2, -0.15) is 0 Å². The molecule has 3 unspecified atom stereocenters. The van der Waals surface area contributed by atoms with Gasteiger partial charge in [0.25, 0.3) is 0 Å². The second-order valence-electron chi connectivity index (χ2n) is 11.1. The Bertz CT molecular complexity index is 1280. The summed E-state index contributed by atoms with van der Waals surface area (Å²) in [7, 11) is 0. The monoisotopic (exact) mass is 581 g/mol. The first-order chi connectivity index (χ1) is 20.8. The van der Waals surface area contributed by atoms with Crippen LogP contribution in [-0.2, 0) is 14.2 Å². The van der Waals surface area contributed by atoms with Crippen molar-refractivity contribution in [2.45, 2.75) is 58.8 Å². The highest BCUT2D eigenvalue weighted by Crippen LogP contribution is 2.07. The molecule has 6 nitrogen and oxygen atoms in total. The Morgan fingerprint density at radius 3 is 1.47 bits per heavy atom. The zero-order valence-electron chi connectivity index (χ0n) is 26.4. The minimum absolute atomic E-state index is 0.0212. The van der Waals surface area contributed by atoms with E-state index in [1.807, 2.05) is 75.8 Å². The number of aryl methyl sites for hydroxylation is 2. The predicted molar refractivity (Wildman–Crippen MR) is 181 cm³/mol. The van der Waals surface area contributed by atoms with E-state index in [1.54, 1.807) is 0 Å². The molecule has 0 heterocycles. The van der Waals surface area contributed by atoms with Crippen LogP contribution in [0.4, 0.5) is 0 Å². The zero-order valence-corrected chi connectivity index (χ0v) is 26.4. The Labute approximate surface area is 258 Å². The van der Waals surface area contributed by atoms with Crippen molar-refractivity contribution in [2.75, 3.05) is 33.0 Å². The van der Waals surface area contributed by atoms with Gasteiger partial charge in [0.1, 0.15) is 6.10 Å². The van der Waals surface area contributed by atoms with Gasteiger partial charge in [-0.3, -0.25) is 15.0 Å². The highest BCUT2D eigenvalue weighted by Gasteiger charge is 2.14. The topological polar surface area (TPSA) is 64.8 Å². The van der Waals surface area contributed by atoms with Gasteiger partial charge in [0.15, 0.2) is 0 Å². The second-order valence-corrected chi connectivity index (χ2v) is 11.1. The Kier molecular flexibility index (Phi) is 14.7. The number of benzene rings is 3. The van der Waals surface area contributed by atoms with Crippen molar-refractivity contribution >= 4 is 24.7 Å². The summed E-state index contributed by atoms with van der Waals surface area (Å²) in [5.41, 5.74) is 6.71. The number of nitrogens with zero attached hydrogens (tertiary/aromatic N) is 3. The molecule has 228 valence electrons. The fraction of sp³-hybridized carbons (Fsp3) is 0.378. The van der Waals surface area contributed by atoms with Gasteiger partial charge in [0.05, 0.1) is 51.2 Å². The van der Waals surface area contributed by atoms with Crippen LogP contribution in [0.3, 0.4) is 0 Å². The lowest BCUT2D eigenvalue weighted by Crippen LogP contribution is -2.30. The molecule has 3 rings (SSSR count). The van der Waals surface area contributed by atoms with Crippen molar-refractivity contribution in [1.82, 2.24) is 0 Å². The first kappa shape index (κ1) is 33.8. The van der Waals surface area contributed by atoms with Crippen LogP contribution in [0, 0.1) is 13.8 Å². The maximum absolute atomic E-state index is 6.23. The molecule has 3 atom stereocenters. The predicted octanol–water partition coefficient (Wildman–Crippen LogP) is 7.19. The van der Waals surface area contributed by atoms with Gasteiger partial charge in [0.2, 0.25) is 0 Å². The first-order valence-corrected chi connectivity index (χ1v) is 15.0. The third kappa shape index (κ3) is 13.9. The van der Waals surface area contributed by atoms with Gasteiger partial charge in [-0.25, -0.2) is 0 Å². The van der Waals surface area contributed by atoms with E-state index < -0.39 is 0 Å². The maximum atomic E-state index is 6.23. The van der Waals surface area contributed by atoms with Gasteiger partial charge >= 0.3 is 0 Å². The lowest BCUT2D eigenvalue weighted by Gasteiger charge is -2.21. The number of ether oxygens (including phenoxy) is 3. The molecule has 6 heteroatoms.